The highest BCUT2D eigenvalue weighted by atomic mass is 16.6. The van der Waals surface area contributed by atoms with Crippen LogP contribution in [0.3, 0.4) is 0 Å². The predicted molar refractivity (Wildman–Crippen MR) is 80.1 cm³/mol. The van der Waals surface area contributed by atoms with Gasteiger partial charge in [0.2, 0.25) is 5.91 Å². The molecule has 1 amide bonds. The second-order valence-corrected chi connectivity index (χ2v) is 5.08. The summed E-state index contributed by atoms with van der Waals surface area (Å²) in [6, 6.07) is 4.81. The molecule has 0 radical (unpaired) electrons. The fraction of sp³-hybridized carbons (Fsp3) is 0.500. The molecule has 3 N–H and O–H groups in total. The van der Waals surface area contributed by atoms with E-state index in [2.05, 4.69) is 16.0 Å². The van der Waals surface area contributed by atoms with Crippen LogP contribution < -0.4 is 16.0 Å². The first kappa shape index (κ1) is 15.2. The third-order valence-electron chi connectivity index (χ3n) is 3.62. The smallest absolute Gasteiger partial charge is 0.292 e. The Morgan fingerprint density at radius 2 is 2.24 bits per heavy atom. The Kier molecular flexibility index (Phi) is 5.10. The monoisotopic (exact) mass is 292 g/mol. The van der Waals surface area contributed by atoms with E-state index in [0.29, 0.717) is 12.2 Å². The molecule has 7 nitrogen and oxygen atoms in total. The summed E-state index contributed by atoms with van der Waals surface area (Å²) in [4.78, 5) is 22.4. The van der Waals surface area contributed by atoms with E-state index in [0.717, 1.165) is 31.4 Å². The van der Waals surface area contributed by atoms with Gasteiger partial charge < -0.3 is 16.0 Å². The van der Waals surface area contributed by atoms with Gasteiger partial charge in [0.05, 0.1) is 11.0 Å². The van der Waals surface area contributed by atoms with Crippen molar-refractivity contribution in [1.29, 1.82) is 0 Å². The van der Waals surface area contributed by atoms with E-state index in [1.54, 1.807) is 13.1 Å². The number of nitro groups is 1. The van der Waals surface area contributed by atoms with Gasteiger partial charge in [0.15, 0.2) is 0 Å². The van der Waals surface area contributed by atoms with Gasteiger partial charge in [-0.25, -0.2) is 0 Å². The van der Waals surface area contributed by atoms with E-state index in [1.165, 1.54) is 6.07 Å². The van der Waals surface area contributed by atoms with Crippen molar-refractivity contribution in [3.05, 3.63) is 33.9 Å². The van der Waals surface area contributed by atoms with Crippen LogP contribution >= 0.6 is 0 Å². The second-order valence-electron chi connectivity index (χ2n) is 5.08. The molecule has 7 heteroatoms. The number of nitrogens with zero attached hydrogens (tertiary/aromatic N) is 1. The number of benzene rings is 1. The van der Waals surface area contributed by atoms with Crippen molar-refractivity contribution < 1.29 is 9.72 Å². The molecule has 0 aromatic heterocycles. The molecule has 1 atom stereocenters. The zero-order valence-electron chi connectivity index (χ0n) is 12.0. The summed E-state index contributed by atoms with van der Waals surface area (Å²) in [6.45, 7) is 1.16. The molecule has 114 valence electrons. The molecule has 0 bridgehead atoms. The molecule has 21 heavy (non-hydrogen) atoms. The average molecular weight is 292 g/mol. The molecular weight excluding hydrogens is 272 g/mol. The molecule has 0 unspecified atom stereocenters. The zero-order chi connectivity index (χ0) is 15.2. The first-order valence-corrected chi connectivity index (χ1v) is 7.08. The van der Waals surface area contributed by atoms with Crippen molar-refractivity contribution in [2.24, 2.45) is 0 Å². The van der Waals surface area contributed by atoms with Crippen molar-refractivity contribution in [3.63, 3.8) is 0 Å². The minimum atomic E-state index is -0.409. The molecule has 1 saturated heterocycles. The van der Waals surface area contributed by atoms with Crippen LogP contribution in [0.5, 0.6) is 0 Å². The minimum Gasteiger partial charge on any atom is -0.383 e. The van der Waals surface area contributed by atoms with Gasteiger partial charge in [-0.1, -0.05) is 6.07 Å². The molecule has 1 aliphatic rings. The highest BCUT2D eigenvalue weighted by Crippen LogP contribution is 2.25. The number of rotatable bonds is 5. The molecule has 0 saturated carbocycles. The van der Waals surface area contributed by atoms with Crippen LogP contribution in [0.4, 0.5) is 11.4 Å². The third-order valence-corrected chi connectivity index (χ3v) is 3.62. The summed E-state index contributed by atoms with van der Waals surface area (Å²) in [6.07, 6.45) is 2.78. The molecule has 1 aliphatic heterocycles. The van der Waals surface area contributed by atoms with E-state index >= 15 is 0 Å². The molecule has 1 fully saturated rings. The molecule has 1 aromatic rings. The number of carbonyl (C=O) groups excluding carboxylic acids is 1. The minimum absolute atomic E-state index is 0.00819. The fourth-order valence-electron chi connectivity index (χ4n) is 2.42. The van der Waals surface area contributed by atoms with Crippen LogP contribution in [-0.2, 0) is 11.3 Å². The lowest BCUT2D eigenvalue weighted by Crippen LogP contribution is -2.42. The quantitative estimate of drug-likeness (QED) is 0.563. The molecular formula is C14H20N4O3. The van der Waals surface area contributed by atoms with Crippen LogP contribution in [0.1, 0.15) is 24.8 Å². The second kappa shape index (κ2) is 7.03. The van der Waals surface area contributed by atoms with Crippen LogP contribution in [0.15, 0.2) is 18.2 Å². The molecule has 1 aromatic carbocycles. The Hall–Kier alpha value is -2.15. The summed E-state index contributed by atoms with van der Waals surface area (Å²) in [5.41, 5.74) is 1.32. The van der Waals surface area contributed by atoms with E-state index in [4.69, 9.17) is 0 Å². The summed E-state index contributed by atoms with van der Waals surface area (Å²) < 4.78 is 0. The fourth-order valence-corrected chi connectivity index (χ4v) is 2.42. The Labute approximate surface area is 123 Å². The highest BCUT2D eigenvalue weighted by Gasteiger charge is 2.20. The van der Waals surface area contributed by atoms with Crippen molar-refractivity contribution in [2.45, 2.75) is 31.8 Å². The van der Waals surface area contributed by atoms with Crippen LogP contribution in [0.25, 0.3) is 0 Å². The van der Waals surface area contributed by atoms with Crippen molar-refractivity contribution in [2.75, 3.05) is 18.9 Å². The molecule has 2 rings (SSSR count). The number of amides is 1. The van der Waals surface area contributed by atoms with E-state index in [-0.39, 0.29) is 17.6 Å². The first-order valence-electron chi connectivity index (χ1n) is 7.08. The Bertz CT molecular complexity index is 533. The Morgan fingerprint density at radius 3 is 2.95 bits per heavy atom. The van der Waals surface area contributed by atoms with E-state index < -0.39 is 4.92 Å². The summed E-state index contributed by atoms with van der Waals surface area (Å²) in [5, 5.41) is 19.9. The molecule has 0 aliphatic carbocycles. The lowest BCUT2D eigenvalue weighted by molar-refractivity contribution is -0.384. The standard InChI is InChI=1S/C14H20N4O3/c1-15-11-6-5-10(8-13(11)18(20)21)9-17-12-4-2-3-7-16-14(12)19/h5-6,8,12,15,17H,2-4,7,9H2,1H3,(H,16,19)/t12-/m0/s1. The van der Waals surface area contributed by atoms with Gasteiger partial charge in [-0.15, -0.1) is 0 Å². The third kappa shape index (κ3) is 3.91. The Morgan fingerprint density at radius 1 is 1.43 bits per heavy atom. The zero-order valence-corrected chi connectivity index (χ0v) is 12.0. The SMILES string of the molecule is CNc1ccc(CN[C@H]2CCCCNC2=O)cc1[N+](=O)[O-]. The number of nitrogens with one attached hydrogen (secondary N) is 3. The van der Waals surface area contributed by atoms with Gasteiger partial charge in [0.1, 0.15) is 5.69 Å². The topological polar surface area (TPSA) is 96.3 Å². The maximum Gasteiger partial charge on any atom is 0.292 e. The van der Waals surface area contributed by atoms with E-state index in [9.17, 15) is 14.9 Å². The number of anilines is 1. The predicted octanol–water partition coefficient (Wildman–Crippen LogP) is 1.39. The number of nitro benzene ring substituents is 1. The first-order chi connectivity index (χ1) is 10.1. The van der Waals surface area contributed by atoms with Gasteiger partial charge in [0.25, 0.3) is 5.69 Å². The van der Waals surface area contributed by atoms with Crippen molar-refractivity contribution in [3.8, 4) is 0 Å². The van der Waals surface area contributed by atoms with Crippen LogP contribution in [0.2, 0.25) is 0 Å². The summed E-state index contributed by atoms with van der Waals surface area (Å²) >= 11 is 0. The van der Waals surface area contributed by atoms with Gasteiger partial charge in [0, 0.05) is 26.2 Å². The van der Waals surface area contributed by atoms with Gasteiger partial charge in [-0.2, -0.15) is 0 Å². The average Bonchev–Trinajstić information content (AvgIpc) is 2.69. The van der Waals surface area contributed by atoms with Crippen molar-refractivity contribution >= 4 is 17.3 Å². The Balaban J connectivity index is 2.04. The van der Waals surface area contributed by atoms with Crippen molar-refractivity contribution in [1.82, 2.24) is 10.6 Å². The normalized spacial score (nSPS) is 18.7. The van der Waals surface area contributed by atoms with Gasteiger partial charge in [-0.3, -0.25) is 14.9 Å². The maximum atomic E-state index is 11.8. The van der Waals surface area contributed by atoms with Gasteiger partial charge >= 0.3 is 0 Å². The largest absolute Gasteiger partial charge is 0.383 e. The molecule has 1 heterocycles. The highest BCUT2D eigenvalue weighted by molar-refractivity contribution is 5.81. The summed E-state index contributed by atoms with van der Waals surface area (Å²) in [5.74, 6) is 0.00819. The lowest BCUT2D eigenvalue weighted by Gasteiger charge is -2.15. The maximum absolute atomic E-state index is 11.8. The number of hydrogen-bond donors (Lipinski definition) is 3. The lowest BCUT2D eigenvalue weighted by atomic mass is 10.1. The number of hydrogen-bond acceptors (Lipinski definition) is 5. The van der Waals surface area contributed by atoms with Gasteiger partial charge in [-0.05, 0) is 30.9 Å². The summed E-state index contributed by atoms with van der Waals surface area (Å²) in [7, 11) is 1.65. The van der Waals surface area contributed by atoms with Crippen LogP contribution in [-0.4, -0.2) is 30.5 Å². The molecule has 0 spiro atoms. The number of carbonyl (C=O) groups is 1. The van der Waals surface area contributed by atoms with Crippen LogP contribution in [0, 0.1) is 10.1 Å². The van der Waals surface area contributed by atoms with E-state index in [1.807, 2.05) is 6.07 Å².